The number of rotatable bonds is 0. The smallest absolute Gasteiger partial charge is 0.165 e. The van der Waals surface area contributed by atoms with E-state index >= 15 is 0 Å². The molecule has 0 amide bonds. The van der Waals surface area contributed by atoms with Crippen molar-refractivity contribution < 1.29 is 6.16 Å². The van der Waals surface area contributed by atoms with E-state index in [-0.39, 0.29) is 7.65 Å². The van der Waals surface area contributed by atoms with E-state index in [1.165, 1.54) is 0 Å². The summed E-state index contributed by atoms with van der Waals surface area (Å²) in [6.45, 7) is 5.94. The first-order chi connectivity index (χ1) is 3.89. The van der Waals surface area contributed by atoms with E-state index in [0.717, 1.165) is 0 Å². The molecular formula is C6H15NO. The normalized spacial score (nSPS) is 22.6. The van der Waals surface area contributed by atoms with Gasteiger partial charge in [0.1, 0.15) is 6.26 Å². The number of nitrogens with one attached hydrogen (secondary N) is 1. The highest BCUT2D eigenvalue weighted by molar-refractivity contribution is 4.78. The summed E-state index contributed by atoms with van der Waals surface area (Å²) < 4.78 is 4.86. The van der Waals surface area contributed by atoms with E-state index in [4.69, 9.17) is 4.74 Å². The van der Waals surface area contributed by atoms with E-state index in [1.54, 1.807) is 12.5 Å². The third kappa shape index (κ3) is 2.50. The Morgan fingerprint density at radius 1 is 1.62 bits per heavy atom. The summed E-state index contributed by atoms with van der Waals surface area (Å²) in [4.78, 5) is 0. The Morgan fingerprint density at radius 2 is 2.25 bits per heavy atom. The molecule has 0 spiro atoms. The predicted octanol–water partition coefficient (Wildman–Crippen LogP) is 1.70. The first kappa shape index (κ1) is 7.34. The van der Waals surface area contributed by atoms with Gasteiger partial charge in [-0.1, -0.05) is 13.8 Å². The Labute approximate surface area is 52.0 Å². The standard InChI is InChI=1S/C4H7NO.C2H6.H2/c1-4-5-2-3-6-4;1-2;/h2-5H,1H3;1-2H3;1H. The lowest BCUT2D eigenvalue weighted by molar-refractivity contribution is 0.171. The van der Waals surface area contributed by atoms with Gasteiger partial charge in [0.05, 0.1) is 0 Å². The number of hydrogen-bond donors (Lipinski definition) is 1. The third-order valence-electron chi connectivity index (χ3n) is 0.682. The molecule has 0 aromatic rings. The van der Waals surface area contributed by atoms with Gasteiger partial charge in [-0.2, -0.15) is 0 Å². The number of hydrogen-bond acceptors (Lipinski definition) is 2. The molecule has 0 radical (unpaired) electrons. The molecule has 1 N–H and O–H groups in total. The lowest BCUT2D eigenvalue weighted by atomic mass is 10.7. The zero-order valence-corrected chi connectivity index (χ0v) is 5.64. The molecule has 1 atom stereocenters. The van der Waals surface area contributed by atoms with Crippen molar-refractivity contribution in [2.45, 2.75) is 27.0 Å². The summed E-state index contributed by atoms with van der Waals surface area (Å²) in [5, 5.41) is 2.92. The van der Waals surface area contributed by atoms with Crippen LogP contribution in [0.5, 0.6) is 0 Å². The fourth-order valence-electron chi connectivity index (χ4n) is 0.371. The Balaban J connectivity index is 0. The predicted molar refractivity (Wildman–Crippen MR) is 36.3 cm³/mol. The Morgan fingerprint density at radius 3 is 2.38 bits per heavy atom. The fraction of sp³-hybridized carbons (Fsp3) is 0.667. The van der Waals surface area contributed by atoms with Gasteiger partial charge in [0.15, 0.2) is 6.23 Å². The van der Waals surface area contributed by atoms with Crippen LogP contribution in [0.1, 0.15) is 22.2 Å². The van der Waals surface area contributed by atoms with Crippen molar-refractivity contribution in [2.24, 2.45) is 0 Å². The van der Waals surface area contributed by atoms with Crippen molar-refractivity contribution in [3.8, 4) is 0 Å². The second-order valence-corrected chi connectivity index (χ2v) is 1.25. The average molecular weight is 117 g/mol. The lowest BCUT2D eigenvalue weighted by Gasteiger charge is -1.99. The molecule has 0 bridgehead atoms. The van der Waals surface area contributed by atoms with Crippen molar-refractivity contribution in [2.75, 3.05) is 0 Å². The summed E-state index contributed by atoms with van der Waals surface area (Å²) in [7, 11) is 0. The minimum absolute atomic E-state index is 0. The van der Waals surface area contributed by atoms with Gasteiger partial charge in [-0.15, -0.1) is 0 Å². The van der Waals surface area contributed by atoms with Gasteiger partial charge >= 0.3 is 0 Å². The van der Waals surface area contributed by atoms with Crippen LogP contribution < -0.4 is 5.32 Å². The monoisotopic (exact) mass is 117 g/mol. The zero-order valence-electron chi connectivity index (χ0n) is 5.64. The molecule has 1 unspecified atom stereocenters. The van der Waals surface area contributed by atoms with Crippen LogP contribution in [0.2, 0.25) is 0 Å². The van der Waals surface area contributed by atoms with Crippen LogP contribution in [0.15, 0.2) is 12.5 Å². The first-order valence-corrected chi connectivity index (χ1v) is 2.96. The van der Waals surface area contributed by atoms with E-state index in [9.17, 15) is 0 Å². The van der Waals surface area contributed by atoms with Crippen molar-refractivity contribution >= 4 is 0 Å². The highest BCUT2D eigenvalue weighted by Gasteiger charge is 1.97. The second kappa shape index (κ2) is 4.50. The van der Waals surface area contributed by atoms with Gasteiger partial charge in [0.25, 0.3) is 0 Å². The highest BCUT2D eigenvalue weighted by atomic mass is 16.5. The van der Waals surface area contributed by atoms with Crippen LogP contribution >= 0.6 is 0 Å². The molecular weight excluding hydrogens is 102 g/mol. The highest BCUT2D eigenvalue weighted by Crippen LogP contribution is 1.91. The van der Waals surface area contributed by atoms with Crippen LogP contribution in [-0.2, 0) is 4.74 Å². The van der Waals surface area contributed by atoms with Crippen LogP contribution in [0.3, 0.4) is 0 Å². The largest absolute Gasteiger partial charge is 0.477 e. The summed E-state index contributed by atoms with van der Waals surface area (Å²) in [5.41, 5.74) is 0. The first-order valence-electron chi connectivity index (χ1n) is 2.96. The maximum Gasteiger partial charge on any atom is 0.165 e. The average Bonchev–Trinajstić information content (AvgIpc) is 2.24. The summed E-state index contributed by atoms with van der Waals surface area (Å²) in [5.74, 6) is 0. The summed E-state index contributed by atoms with van der Waals surface area (Å²) in [6, 6.07) is 0. The Hall–Kier alpha value is -0.660. The van der Waals surface area contributed by atoms with Crippen molar-refractivity contribution in [1.29, 1.82) is 0 Å². The van der Waals surface area contributed by atoms with Crippen molar-refractivity contribution in [1.82, 2.24) is 5.32 Å². The maximum absolute atomic E-state index is 4.86. The molecule has 0 saturated carbocycles. The zero-order chi connectivity index (χ0) is 6.41. The van der Waals surface area contributed by atoms with Gasteiger partial charge < -0.3 is 10.1 Å². The molecule has 1 heterocycles. The van der Waals surface area contributed by atoms with E-state index in [2.05, 4.69) is 5.32 Å². The summed E-state index contributed by atoms with van der Waals surface area (Å²) in [6.07, 6.45) is 3.61. The van der Waals surface area contributed by atoms with Crippen molar-refractivity contribution in [3.05, 3.63) is 12.5 Å². The maximum atomic E-state index is 4.86. The molecule has 1 rings (SSSR count). The molecule has 1 aliphatic rings. The van der Waals surface area contributed by atoms with Crippen LogP contribution in [0.4, 0.5) is 0 Å². The van der Waals surface area contributed by atoms with Crippen molar-refractivity contribution in [3.63, 3.8) is 0 Å². The van der Waals surface area contributed by atoms with E-state index < -0.39 is 0 Å². The van der Waals surface area contributed by atoms with Gasteiger partial charge in [0.2, 0.25) is 0 Å². The van der Waals surface area contributed by atoms with Gasteiger partial charge in [0, 0.05) is 7.63 Å². The Kier molecular flexibility index (Phi) is 4.13. The van der Waals surface area contributed by atoms with Gasteiger partial charge in [-0.05, 0) is 6.92 Å². The van der Waals surface area contributed by atoms with E-state index in [0.29, 0.717) is 0 Å². The van der Waals surface area contributed by atoms with Gasteiger partial charge in [-0.25, -0.2) is 0 Å². The summed E-state index contributed by atoms with van der Waals surface area (Å²) >= 11 is 0. The third-order valence-corrected chi connectivity index (χ3v) is 0.682. The molecule has 2 nitrogen and oxygen atoms in total. The van der Waals surface area contributed by atoms with Crippen LogP contribution in [0.25, 0.3) is 0 Å². The molecule has 2 heteroatoms. The molecule has 8 heavy (non-hydrogen) atoms. The molecule has 0 fully saturated rings. The van der Waals surface area contributed by atoms with E-state index in [1.807, 2.05) is 20.8 Å². The molecule has 50 valence electrons. The molecule has 0 aliphatic carbocycles. The van der Waals surface area contributed by atoms with Gasteiger partial charge in [-0.3, -0.25) is 0 Å². The molecule has 0 aromatic carbocycles. The Bertz CT molecular complexity index is 67.5. The van der Waals surface area contributed by atoms with Crippen LogP contribution in [0, 0.1) is 0 Å². The second-order valence-electron chi connectivity index (χ2n) is 1.25. The minimum atomic E-state index is 0. The van der Waals surface area contributed by atoms with Crippen LogP contribution in [-0.4, -0.2) is 6.23 Å². The minimum Gasteiger partial charge on any atom is -0.477 e. The number of ether oxygens (including phenoxy) is 1. The topological polar surface area (TPSA) is 21.3 Å². The molecule has 0 saturated heterocycles. The lowest BCUT2D eigenvalue weighted by Crippen LogP contribution is -2.14. The molecule has 1 aliphatic heterocycles. The molecule has 0 aromatic heterocycles. The quantitative estimate of drug-likeness (QED) is 0.521. The SMILES string of the molecule is CC.CC1NC=CO1.[HH]. The fourth-order valence-corrected chi connectivity index (χ4v) is 0.371.